The summed E-state index contributed by atoms with van der Waals surface area (Å²) in [6.45, 7) is 2.70. The lowest BCUT2D eigenvalue weighted by molar-refractivity contribution is -0.116. The molecule has 0 fully saturated rings. The van der Waals surface area contributed by atoms with Crippen molar-refractivity contribution in [2.75, 3.05) is 23.8 Å². The number of hydrogen-bond acceptors (Lipinski definition) is 4. The Hall–Kier alpha value is -1.23. The first-order chi connectivity index (χ1) is 6.18. The number of carbonyl (C=O) groups excluding carboxylic acids is 1. The lowest BCUT2D eigenvalue weighted by Crippen LogP contribution is -2.35. The van der Waals surface area contributed by atoms with Crippen LogP contribution in [0.4, 0.5) is 10.0 Å². The zero-order valence-corrected chi connectivity index (χ0v) is 8.06. The van der Waals surface area contributed by atoms with Gasteiger partial charge in [-0.2, -0.15) is 0 Å². The van der Waals surface area contributed by atoms with Crippen LogP contribution in [-0.2, 0) is 4.79 Å². The van der Waals surface area contributed by atoms with Crippen molar-refractivity contribution in [1.82, 2.24) is 0 Å². The number of rotatable bonds is 0. The van der Waals surface area contributed by atoms with Crippen LogP contribution >= 0.6 is 11.3 Å². The molecule has 0 saturated heterocycles. The smallest absolute Gasteiger partial charge is 0.224 e. The van der Waals surface area contributed by atoms with Gasteiger partial charge in [0.15, 0.2) is 5.75 Å². The third-order valence-corrected chi connectivity index (χ3v) is 2.86. The number of ether oxygens (including phenoxy) is 1. The van der Waals surface area contributed by atoms with Crippen LogP contribution in [0.15, 0.2) is 6.07 Å². The second-order valence-electron chi connectivity index (χ2n) is 2.84. The predicted octanol–water partition coefficient (Wildman–Crippen LogP) is 1.08. The molecule has 1 aliphatic heterocycles. The van der Waals surface area contributed by atoms with Crippen LogP contribution in [0.1, 0.15) is 6.92 Å². The Labute approximate surface area is 79.9 Å². The van der Waals surface area contributed by atoms with E-state index in [9.17, 15) is 4.79 Å². The first-order valence-corrected chi connectivity index (χ1v) is 4.80. The fourth-order valence-corrected chi connectivity index (χ4v) is 2.26. The van der Waals surface area contributed by atoms with Crippen molar-refractivity contribution in [3.8, 4) is 5.75 Å². The quantitative estimate of drug-likeness (QED) is 0.678. The van der Waals surface area contributed by atoms with E-state index in [2.05, 4.69) is 0 Å². The highest BCUT2D eigenvalue weighted by Crippen LogP contribution is 2.41. The van der Waals surface area contributed by atoms with E-state index in [4.69, 9.17) is 10.5 Å². The van der Waals surface area contributed by atoms with E-state index in [1.54, 1.807) is 17.9 Å². The monoisotopic (exact) mass is 198 g/mol. The molecular weight excluding hydrogens is 188 g/mol. The average molecular weight is 198 g/mol. The number of nitrogen functional groups attached to an aromatic ring is 1. The van der Waals surface area contributed by atoms with Crippen molar-refractivity contribution >= 4 is 27.2 Å². The summed E-state index contributed by atoms with van der Waals surface area (Å²) >= 11 is 1.38. The minimum Gasteiger partial charge on any atom is -0.489 e. The number of hydrogen-bond donors (Lipinski definition) is 1. The minimum atomic E-state index is 0.0337. The summed E-state index contributed by atoms with van der Waals surface area (Å²) in [5.41, 5.74) is 5.62. The minimum absolute atomic E-state index is 0.0337. The van der Waals surface area contributed by atoms with Crippen molar-refractivity contribution in [3.05, 3.63) is 6.07 Å². The van der Waals surface area contributed by atoms with E-state index < -0.39 is 0 Å². The maximum atomic E-state index is 11.2. The van der Waals surface area contributed by atoms with Crippen molar-refractivity contribution in [1.29, 1.82) is 0 Å². The second-order valence-corrected chi connectivity index (χ2v) is 3.90. The van der Waals surface area contributed by atoms with Gasteiger partial charge in [-0.25, -0.2) is 0 Å². The standard InChI is InChI=1S/C8H10N2O2S/c1-5(11)10-2-3-12-6-4-7(9)13-8(6)10/h4H,2-3,9H2,1H3. The number of nitrogens with two attached hydrogens (primary N) is 1. The third-order valence-electron chi connectivity index (χ3n) is 1.90. The molecule has 70 valence electrons. The van der Waals surface area contributed by atoms with Crippen LogP contribution in [0, 0.1) is 0 Å². The predicted molar refractivity (Wildman–Crippen MR) is 52.3 cm³/mol. The van der Waals surface area contributed by atoms with Crippen LogP contribution in [0.5, 0.6) is 5.75 Å². The van der Waals surface area contributed by atoms with E-state index in [1.165, 1.54) is 11.3 Å². The molecule has 0 aliphatic carbocycles. The first kappa shape index (κ1) is 8.37. The summed E-state index contributed by atoms with van der Waals surface area (Å²) < 4.78 is 5.36. The Morgan fingerprint density at radius 1 is 1.77 bits per heavy atom. The second kappa shape index (κ2) is 2.92. The molecule has 0 saturated carbocycles. The van der Waals surface area contributed by atoms with Crippen molar-refractivity contribution in [2.45, 2.75) is 6.92 Å². The van der Waals surface area contributed by atoms with Crippen molar-refractivity contribution < 1.29 is 9.53 Å². The summed E-state index contributed by atoms with van der Waals surface area (Å²) in [6.07, 6.45) is 0. The van der Waals surface area contributed by atoms with Crippen LogP contribution in [-0.4, -0.2) is 19.1 Å². The summed E-state index contributed by atoms with van der Waals surface area (Å²) in [7, 11) is 0. The molecule has 0 radical (unpaired) electrons. The number of amides is 1. The normalized spacial score (nSPS) is 15.0. The Bertz CT molecular complexity index is 348. The van der Waals surface area contributed by atoms with Crippen molar-refractivity contribution in [3.63, 3.8) is 0 Å². The fraction of sp³-hybridized carbons (Fsp3) is 0.375. The molecule has 1 aromatic heterocycles. The summed E-state index contributed by atoms with van der Waals surface area (Å²) in [6, 6.07) is 1.76. The van der Waals surface area contributed by atoms with Gasteiger partial charge in [0.1, 0.15) is 11.6 Å². The number of carbonyl (C=O) groups is 1. The van der Waals surface area contributed by atoms with Crippen molar-refractivity contribution in [2.24, 2.45) is 0 Å². The zero-order valence-electron chi connectivity index (χ0n) is 7.24. The van der Waals surface area contributed by atoms with Gasteiger partial charge in [0.25, 0.3) is 0 Å². The van der Waals surface area contributed by atoms with Gasteiger partial charge in [0, 0.05) is 13.0 Å². The van der Waals surface area contributed by atoms with Gasteiger partial charge in [-0.3, -0.25) is 9.69 Å². The lowest BCUT2D eigenvalue weighted by Gasteiger charge is -2.25. The molecule has 1 aromatic rings. The zero-order chi connectivity index (χ0) is 9.42. The van der Waals surface area contributed by atoms with E-state index in [0.29, 0.717) is 18.2 Å². The highest BCUT2D eigenvalue weighted by atomic mass is 32.1. The summed E-state index contributed by atoms with van der Waals surface area (Å²) in [5, 5.41) is 1.51. The average Bonchev–Trinajstić information content (AvgIpc) is 2.43. The molecule has 1 amide bonds. The summed E-state index contributed by atoms with van der Waals surface area (Å²) in [5.74, 6) is 0.760. The number of nitrogens with zero attached hydrogens (tertiary/aromatic N) is 1. The molecule has 5 heteroatoms. The number of thiophene rings is 1. The maximum absolute atomic E-state index is 11.2. The Morgan fingerprint density at radius 3 is 3.23 bits per heavy atom. The largest absolute Gasteiger partial charge is 0.489 e. The molecule has 2 rings (SSSR count). The molecular formula is C8H10N2O2S. The topological polar surface area (TPSA) is 55.6 Å². The number of anilines is 2. The van der Waals surface area contributed by atoms with Gasteiger partial charge >= 0.3 is 0 Å². The van der Waals surface area contributed by atoms with Crippen LogP contribution in [0.25, 0.3) is 0 Å². The third kappa shape index (κ3) is 1.35. The van der Waals surface area contributed by atoms with Crippen LogP contribution < -0.4 is 15.4 Å². The Kier molecular flexibility index (Phi) is 1.88. The molecule has 1 aliphatic rings. The highest BCUT2D eigenvalue weighted by molar-refractivity contribution is 7.20. The van der Waals surface area contributed by atoms with Gasteiger partial charge in [0.2, 0.25) is 5.91 Å². The van der Waals surface area contributed by atoms with Crippen LogP contribution in [0.3, 0.4) is 0 Å². The highest BCUT2D eigenvalue weighted by Gasteiger charge is 2.23. The fourth-order valence-electron chi connectivity index (χ4n) is 1.32. The van der Waals surface area contributed by atoms with Crippen LogP contribution in [0.2, 0.25) is 0 Å². The van der Waals surface area contributed by atoms with Gasteiger partial charge < -0.3 is 10.5 Å². The number of fused-ring (bicyclic) bond motifs is 1. The van der Waals surface area contributed by atoms with E-state index in [-0.39, 0.29) is 5.91 Å². The molecule has 0 spiro atoms. The maximum Gasteiger partial charge on any atom is 0.224 e. The SMILES string of the molecule is CC(=O)N1CCOc2cc(N)sc21. The van der Waals surface area contributed by atoms with Gasteiger partial charge in [-0.1, -0.05) is 11.3 Å². The molecule has 0 atom stereocenters. The van der Waals surface area contributed by atoms with Gasteiger partial charge in [-0.05, 0) is 0 Å². The molecule has 0 aromatic carbocycles. The Morgan fingerprint density at radius 2 is 2.54 bits per heavy atom. The molecule has 0 unspecified atom stereocenters. The lowest BCUT2D eigenvalue weighted by atomic mass is 10.4. The van der Waals surface area contributed by atoms with Gasteiger partial charge in [-0.15, -0.1) is 0 Å². The van der Waals surface area contributed by atoms with E-state index in [0.717, 1.165) is 10.8 Å². The molecule has 2 N–H and O–H groups in total. The first-order valence-electron chi connectivity index (χ1n) is 3.98. The van der Waals surface area contributed by atoms with E-state index in [1.807, 2.05) is 0 Å². The van der Waals surface area contributed by atoms with Gasteiger partial charge in [0.05, 0.1) is 11.5 Å². The summed E-state index contributed by atoms with van der Waals surface area (Å²) in [4.78, 5) is 12.9. The molecule has 0 bridgehead atoms. The molecule has 13 heavy (non-hydrogen) atoms. The Balaban J connectivity index is 2.41. The molecule has 4 nitrogen and oxygen atoms in total. The van der Waals surface area contributed by atoms with E-state index >= 15 is 0 Å². The molecule has 2 heterocycles.